The van der Waals surface area contributed by atoms with Crippen molar-refractivity contribution in [3.63, 3.8) is 0 Å². The number of alkyl halides is 1. The Labute approximate surface area is 122 Å². The zero-order valence-electron chi connectivity index (χ0n) is 10.8. The molecule has 0 radical (unpaired) electrons. The van der Waals surface area contributed by atoms with Gasteiger partial charge in [-0.25, -0.2) is 4.39 Å². The molecular formula is C16H14ClFO2. The van der Waals surface area contributed by atoms with Crippen molar-refractivity contribution in [2.75, 3.05) is 13.2 Å². The summed E-state index contributed by atoms with van der Waals surface area (Å²) in [7, 11) is 0. The van der Waals surface area contributed by atoms with Crippen molar-refractivity contribution < 1.29 is 13.9 Å². The number of hydrogen-bond acceptors (Lipinski definition) is 2. The predicted molar refractivity (Wildman–Crippen MR) is 76.1 cm³/mol. The van der Waals surface area contributed by atoms with Crippen LogP contribution in [0.2, 0.25) is 0 Å². The Hall–Kier alpha value is -1.74. The molecule has 0 spiro atoms. The van der Waals surface area contributed by atoms with E-state index in [0.29, 0.717) is 25.4 Å². The quantitative estimate of drug-likeness (QED) is 0.792. The van der Waals surface area contributed by atoms with Gasteiger partial charge in [-0.05, 0) is 30.2 Å². The van der Waals surface area contributed by atoms with E-state index in [2.05, 4.69) is 0 Å². The highest BCUT2D eigenvalue weighted by Crippen LogP contribution is 2.40. The van der Waals surface area contributed by atoms with E-state index in [1.54, 1.807) is 6.07 Å². The second-order valence-electron chi connectivity index (χ2n) is 4.67. The molecule has 20 heavy (non-hydrogen) atoms. The molecule has 0 fully saturated rings. The fourth-order valence-electron chi connectivity index (χ4n) is 2.32. The van der Waals surface area contributed by atoms with Crippen molar-refractivity contribution in [1.82, 2.24) is 0 Å². The van der Waals surface area contributed by atoms with Gasteiger partial charge in [0.15, 0.2) is 11.5 Å². The van der Waals surface area contributed by atoms with E-state index in [9.17, 15) is 4.39 Å². The highest BCUT2D eigenvalue weighted by Gasteiger charge is 2.20. The van der Waals surface area contributed by atoms with Gasteiger partial charge in [-0.15, -0.1) is 11.6 Å². The Morgan fingerprint density at radius 1 is 1.10 bits per heavy atom. The van der Waals surface area contributed by atoms with Crippen LogP contribution >= 0.6 is 11.6 Å². The summed E-state index contributed by atoms with van der Waals surface area (Å²) in [6, 6.07) is 12.2. The Balaban J connectivity index is 1.85. The molecule has 104 valence electrons. The lowest BCUT2D eigenvalue weighted by Gasteiger charge is -2.22. The number of rotatable bonds is 3. The topological polar surface area (TPSA) is 18.5 Å². The molecule has 1 aliphatic heterocycles. The van der Waals surface area contributed by atoms with Crippen LogP contribution in [0.15, 0.2) is 42.5 Å². The summed E-state index contributed by atoms with van der Waals surface area (Å²) < 4.78 is 24.4. The molecule has 2 nitrogen and oxygen atoms in total. The molecule has 0 bridgehead atoms. The highest BCUT2D eigenvalue weighted by molar-refractivity contribution is 6.21. The van der Waals surface area contributed by atoms with Gasteiger partial charge in [0.1, 0.15) is 19.0 Å². The van der Waals surface area contributed by atoms with Crippen molar-refractivity contribution >= 4 is 11.6 Å². The average Bonchev–Trinajstić information content (AvgIpc) is 2.46. The summed E-state index contributed by atoms with van der Waals surface area (Å²) >= 11 is 6.47. The molecule has 1 heterocycles. The summed E-state index contributed by atoms with van der Waals surface area (Å²) in [5.41, 5.74) is 1.74. The number of fused-ring (bicyclic) bond motifs is 1. The number of benzene rings is 2. The fourth-order valence-corrected chi connectivity index (χ4v) is 2.67. The fraction of sp³-hybridized carbons (Fsp3) is 0.250. The smallest absolute Gasteiger partial charge is 0.166 e. The first-order valence-corrected chi connectivity index (χ1v) is 6.95. The van der Waals surface area contributed by atoms with Crippen LogP contribution in [0.3, 0.4) is 0 Å². The van der Waals surface area contributed by atoms with Gasteiger partial charge >= 0.3 is 0 Å². The molecule has 0 amide bonds. The van der Waals surface area contributed by atoms with E-state index < -0.39 is 0 Å². The number of para-hydroxylation sites is 1. The molecule has 2 aromatic rings. The minimum atomic E-state index is -0.284. The molecule has 4 heteroatoms. The molecule has 0 saturated carbocycles. The van der Waals surface area contributed by atoms with Gasteiger partial charge in [0.2, 0.25) is 0 Å². The Bertz CT molecular complexity index is 615. The van der Waals surface area contributed by atoms with Crippen LogP contribution in [-0.4, -0.2) is 13.2 Å². The largest absolute Gasteiger partial charge is 0.486 e. The van der Waals surface area contributed by atoms with Gasteiger partial charge in [-0.1, -0.05) is 24.3 Å². The van der Waals surface area contributed by atoms with Crippen LogP contribution in [0.25, 0.3) is 0 Å². The van der Waals surface area contributed by atoms with Gasteiger partial charge < -0.3 is 9.47 Å². The first-order chi connectivity index (χ1) is 9.74. The first-order valence-electron chi connectivity index (χ1n) is 6.51. The minimum Gasteiger partial charge on any atom is -0.486 e. The summed E-state index contributed by atoms with van der Waals surface area (Å²) in [4.78, 5) is 0. The molecule has 1 atom stereocenters. The third-order valence-corrected chi connectivity index (χ3v) is 3.63. The van der Waals surface area contributed by atoms with Gasteiger partial charge in [0.05, 0.1) is 5.38 Å². The van der Waals surface area contributed by atoms with Crippen LogP contribution in [0, 0.1) is 5.82 Å². The van der Waals surface area contributed by atoms with Crippen molar-refractivity contribution in [2.45, 2.75) is 11.8 Å². The van der Waals surface area contributed by atoms with Crippen LogP contribution < -0.4 is 9.47 Å². The lowest BCUT2D eigenvalue weighted by molar-refractivity contribution is 0.170. The van der Waals surface area contributed by atoms with Gasteiger partial charge in [0.25, 0.3) is 0 Å². The lowest BCUT2D eigenvalue weighted by Crippen LogP contribution is -2.17. The first kappa shape index (κ1) is 13.3. The molecule has 1 unspecified atom stereocenters. The second-order valence-corrected chi connectivity index (χ2v) is 5.20. The number of ether oxygens (including phenoxy) is 2. The van der Waals surface area contributed by atoms with Crippen LogP contribution in [0.5, 0.6) is 11.5 Å². The van der Waals surface area contributed by atoms with E-state index in [0.717, 1.165) is 16.9 Å². The molecule has 3 rings (SSSR count). The Morgan fingerprint density at radius 2 is 1.90 bits per heavy atom. The predicted octanol–water partition coefficient (Wildman–Crippen LogP) is 4.12. The van der Waals surface area contributed by atoms with Gasteiger partial charge in [-0.3, -0.25) is 0 Å². The van der Waals surface area contributed by atoms with Crippen LogP contribution in [-0.2, 0) is 6.42 Å². The molecular weight excluding hydrogens is 279 g/mol. The lowest BCUT2D eigenvalue weighted by atomic mass is 10.0. The van der Waals surface area contributed by atoms with Crippen molar-refractivity contribution in [3.05, 3.63) is 59.4 Å². The minimum absolute atomic E-state index is 0.249. The number of hydrogen-bond donors (Lipinski definition) is 0. The summed E-state index contributed by atoms with van der Waals surface area (Å²) in [6.07, 6.45) is 0.541. The average molecular weight is 293 g/mol. The second kappa shape index (κ2) is 5.71. The zero-order chi connectivity index (χ0) is 13.9. The Kier molecular flexibility index (Phi) is 3.79. The monoisotopic (exact) mass is 292 g/mol. The molecule has 0 aromatic heterocycles. The van der Waals surface area contributed by atoms with E-state index in [4.69, 9.17) is 21.1 Å². The Morgan fingerprint density at radius 3 is 2.75 bits per heavy atom. The van der Waals surface area contributed by atoms with E-state index in [1.165, 1.54) is 12.1 Å². The summed E-state index contributed by atoms with van der Waals surface area (Å²) in [5.74, 6) is 1.18. The van der Waals surface area contributed by atoms with E-state index in [-0.39, 0.29) is 11.2 Å². The van der Waals surface area contributed by atoms with E-state index >= 15 is 0 Å². The van der Waals surface area contributed by atoms with Gasteiger partial charge in [0, 0.05) is 5.56 Å². The summed E-state index contributed by atoms with van der Waals surface area (Å²) in [5, 5.41) is -0.284. The van der Waals surface area contributed by atoms with Crippen LogP contribution in [0.4, 0.5) is 4.39 Å². The van der Waals surface area contributed by atoms with Crippen molar-refractivity contribution in [1.29, 1.82) is 0 Å². The van der Waals surface area contributed by atoms with E-state index in [1.807, 2.05) is 24.3 Å². The maximum absolute atomic E-state index is 13.2. The molecule has 0 aliphatic carbocycles. The third-order valence-electron chi connectivity index (χ3n) is 3.24. The van der Waals surface area contributed by atoms with Crippen LogP contribution in [0.1, 0.15) is 16.5 Å². The standard InChI is InChI=1S/C16H14ClFO2/c17-14(10-11-3-1-4-12(18)9-11)13-5-2-6-15-16(13)20-8-7-19-15/h1-6,9,14H,7-8,10H2. The molecule has 0 N–H and O–H groups in total. The van der Waals surface area contributed by atoms with Crippen molar-refractivity contribution in [2.24, 2.45) is 0 Å². The maximum Gasteiger partial charge on any atom is 0.166 e. The van der Waals surface area contributed by atoms with Crippen molar-refractivity contribution in [3.8, 4) is 11.5 Å². The molecule has 1 aliphatic rings. The third kappa shape index (κ3) is 2.73. The SMILES string of the molecule is Fc1cccc(CC(Cl)c2cccc3c2OCCO3)c1. The number of halogens is 2. The maximum atomic E-state index is 13.2. The molecule has 0 saturated heterocycles. The normalized spacial score (nSPS) is 14.9. The molecule has 2 aromatic carbocycles. The highest BCUT2D eigenvalue weighted by atomic mass is 35.5. The summed E-state index contributed by atoms with van der Waals surface area (Å²) in [6.45, 7) is 1.07. The van der Waals surface area contributed by atoms with Gasteiger partial charge in [-0.2, -0.15) is 0 Å². The zero-order valence-corrected chi connectivity index (χ0v) is 11.6.